The van der Waals surface area contributed by atoms with Crippen molar-refractivity contribution in [3.05, 3.63) is 34.4 Å². The third-order valence-electron chi connectivity index (χ3n) is 3.42. The monoisotopic (exact) mass is 204 g/mol. The zero-order valence-corrected chi connectivity index (χ0v) is 9.46. The molecule has 0 unspecified atom stereocenters. The van der Waals surface area contributed by atoms with Gasteiger partial charge in [-0.25, -0.2) is 0 Å². The predicted octanol–water partition coefficient (Wildman–Crippen LogP) is 2.19. The molecule has 0 spiro atoms. The minimum absolute atomic E-state index is 0.0329. The fourth-order valence-corrected chi connectivity index (χ4v) is 2.32. The van der Waals surface area contributed by atoms with Gasteiger partial charge in [0, 0.05) is 0 Å². The average molecular weight is 204 g/mol. The van der Waals surface area contributed by atoms with E-state index in [2.05, 4.69) is 26.0 Å². The number of fused-ring (bicyclic) bond motifs is 1. The van der Waals surface area contributed by atoms with Crippen molar-refractivity contribution in [3.8, 4) is 0 Å². The number of aryl methyl sites for hydroxylation is 1. The topological polar surface area (TPSA) is 26.3 Å². The van der Waals surface area contributed by atoms with Crippen LogP contribution in [-0.4, -0.2) is 13.1 Å². The van der Waals surface area contributed by atoms with Gasteiger partial charge in [0.1, 0.15) is 0 Å². The van der Waals surface area contributed by atoms with Gasteiger partial charge in [-0.1, -0.05) is 12.1 Å². The fraction of sp³-hybridized carbons (Fsp3) is 0.462. The van der Waals surface area contributed by atoms with Crippen molar-refractivity contribution in [3.63, 3.8) is 0 Å². The van der Waals surface area contributed by atoms with Gasteiger partial charge < -0.3 is 4.74 Å². The molecule has 2 nitrogen and oxygen atoms in total. The Morgan fingerprint density at radius 1 is 1.33 bits per heavy atom. The molecule has 1 aliphatic rings. The third kappa shape index (κ3) is 1.65. The van der Waals surface area contributed by atoms with E-state index in [4.69, 9.17) is 4.74 Å². The number of esters is 1. The van der Waals surface area contributed by atoms with Crippen LogP contribution in [0.3, 0.4) is 0 Å². The van der Waals surface area contributed by atoms with E-state index in [-0.39, 0.29) is 11.9 Å². The molecule has 2 heteroatoms. The summed E-state index contributed by atoms with van der Waals surface area (Å²) in [5, 5.41) is 0. The standard InChI is InChI=1S/C13H16O2/c1-8-4-5-10-6-11(13(14)15-3)7-12(10)9(8)2/h4-5,11H,6-7H2,1-3H3/t11-/m0/s1. The number of carbonyl (C=O) groups excluding carboxylic acids is 1. The molecule has 0 saturated heterocycles. The van der Waals surface area contributed by atoms with Crippen molar-refractivity contribution >= 4 is 5.97 Å². The van der Waals surface area contributed by atoms with Gasteiger partial charge in [-0.15, -0.1) is 0 Å². The normalized spacial score (nSPS) is 18.7. The summed E-state index contributed by atoms with van der Waals surface area (Å²) in [5.41, 5.74) is 5.30. The van der Waals surface area contributed by atoms with Gasteiger partial charge in [-0.05, 0) is 48.9 Å². The maximum atomic E-state index is 11.5. The third-order valence-corrected chi connectivity index (χ3v) is 3.42. The van der Waals surface area contributed by atoms with Gasteiger partial charge in [-0.2, -0.15) is 0 Å². The lowest BCUT2D eigenvalue weighted by Gasteiger charge is -2.06. The van der Waals surface area contributed by atoms with Gasteiger partial charge in [0.2, 0.25) is 0 Å². The van der Waals surface area contributed by atoms with Crippen LogP contribution in [0.2, 0.25) is 0 Å². The van der Waals surface area contributed by atoms with Crippen LogP contribution in [0.5, 0.6) is 0 Å². The van der Waals surface area contributed by atoms with Crippen LogP contribution in [0.25, 0.3) is 0 Å². The average Bonchev–Trinajstić information content (AvgIpc) is 2.67. The number of rotatable bonds is 1. The van der Waals surface area contributed by atoms with Gasteiger partial charge in [0.15, 0.2) is 0 Å². The Labute approximate surface area is 90.3 Å². The quantitative estimate of drug-likeness (QED) is 0.655. The first kappa shape index (κ1) is 10.2. The molecule has 0 aliphatic heterocycles. The molecule has 0 saturated carbocycles. The van der Waals surface area contributed by atoms with E-state index in [1.807, 2.05) is 0 Å². The Morgan fingerprint density at radius 3 is 2.73 bits per heavy atom. The second-order valence-electron chi connectivity index (χ2n) is 4.27. The second-order valence-corrected chi connectivity index (χ2v) is 4.27. The molecule has 0 aromatic heterocycles. The summed E-state index contributed by atoms with van der Waals surface area (Å²) in [5.74, 6) is -0.0475. The van der Waals surface area contributed by atoms with Crippen LogP contribution in [0.15, 0.2) is 12.1 Å². The molecular weight excluding hydrogens is 188 g/mol. The van der Waals surface area contributed by atoms with Crippen molar-refractivity contribution in [2.45, 2.75) is 26.7 Å². The summed E-state index contributed by atoms with van der Waals surface area (Å²) < 4.78 is 4.80. The lowest BCUT2D eigenvalue weighted by molar-refractivity contribution is -0.145. The number of carbonyl (C=O) groups is 1. The first-order chi connectivity index (χ1) is 7.13. The number of benzene rings is 1. The van der Waals surface area contributed by atoms with Gasteiger partial charge >= 0.3 is 5.97 Å². The smallest absolute Gasteiger partial charge is 0.309 e. The van der Waals surface area contributed by atoms with E-state index in [1.165, 1.54) is 29.4 Å². The maximum absolute atomic E-state index is 11.5. The molecule has 1 aliphatic carbocycles. The Hall–Kier alpha value is -1.31. The zero-order chi connectivity index (χ0) is 11.0. The highest BCUT2D eigenvalue weighted by atomic mass is 16.5. The summed E-state index contributed by atoms with van der Waals surface area (Å²) in [6.07, 6.45) is 1.68. The Bertz CT molecular complexity index is 407. The summed E-state index contributed by atoms with van der Waals surface area (Å²) >= 11 is 0. The molecule has 1 aromatic rings. The molecule has 1 aromatic carbocycles. The fourth-order valence-electron chi connectivity index (χ4n) is 2.32. The van der Waals surface area contributed by atoms with E-state index in [9.17, 15) is 4.79 Å². The van der Waals surface area contributed by atoms with Crippen molar-refractivity contribution < 1.29 is 9.53 Å². The van der Waals surface area contributed by atoms with E-state index in [1.54, 1.807) is 0 Å². The van der Waals surface area contributed by atoms with Crippen LogP contribution in [0.4, 0.5) is 0 Å². The lowest BCUT2D eigenvalue weighted by Crippen LogP contribution is -2.16. The zero-order valence-electron chi connectivity index (χ0n) is 9.46. The van der Waals surface area contributed by atoms with Gasteiger partial charge in [0.05, 0.1) is 13.0 Å². The minimum atomic E-state index is -0.0803. The molecular formula is C13H16O2. The lowest BCUT2D eigenvalue weighted by atomic mass is 10.00. The van der Waals surface area contributed by atoms with Crippen LogP contribution in [-0.2, 0) is 22.4 Å². The summed E-state index contributed by atoms with van der Waals surface area (Å²) in [7, 11) is 1.46. The van der Waals surface area contributed by atoms with Crippen LogP contribution >= 0.6 is 0 Å². The van der Waals surface area contributed by atoms with E-state index in [0.29, 0.717) is 0 Å². The Kier molecular flexibility index (Phi) is 2.51. The Balaban J connectivity index is 2.31. The molecule has 0 fully saturated rings. The van der Waals surface area contributed by atoms with Crippen molar-refractivity contribution in [2.24, 2.45) is 5.92 Å². The minimum Gasteiger partial charge on any atom is -0.469 e. The molecule has 1 atom stereocenters. The SMILES string of the molecule is COC(=O)[C@H]1Cc2ccc(C)c(C)c2C1. The van der Waals surface area contributed by atoms with E-state index in [0.717, 1.165) is 12.8 Å². The molecule has 0 N–H and O–H groups in total. The highest BCUT2D eigenvalue weighted by Crippen LogP contribution is 2.31. The molecule has 0 heterocycles. The predicted molar refractivity (Wildman–Crippen MR) is 58.8 cm³/mol. The van der Waals surface area contributed by atoms with Crippen molar-refractivity contribution in [2.75, 3.05) is 7.11 Å². The molecule has 0 radical (unpaired) electrons. The molecule has 15 heavy (non-hydrogen) atoms. The second kappa shape index (κ2) is 3.69. The number of hydrogen-bond acceptors (Lipinski definition) is 2. The van der Waals surface area contributed by atoms with Crippen molar-refractivity contribution in [1.82, 2.24) is 0 Å². The summed E-state index contributed by atoms with van der Waals surface area (Å²) in [6.45, 7) is 4.24. The van der Waals surface area contributed by atoms with Crippen LogP contribution in [0.1, 0.15) is 22.3 Å². The van der Waals surface area contributed by atoms with Crippen LogP contribution in [0, 0.1) is 19.8 Å². The highest BCUT2D eigenvalue weighted by molar-refractivity contribution is 5.74. The number of hydrogen-bond donors (Lipinski definition) is 0. The van der Waals surface area contributed by atoms with Gasteiger partial charge in [0.25, 0.3) is 0 Å². The molecule has 0 amide bonds. The first-order valence-electron chi connectivity index (χ1n) is 5.29. The number of ether oxygens (including phenoxy) is 1. The van der Waals surface area contributed by atoms with E-state index < -0.39 is 0 Å². The maximum Gasteiger partial charge on any atom is 0.309 e. The highest BCUT2D eigenvalue weighted by Gasteiger charge is 2.29. The van der Waals surface area contributed by atoms with Gasteiger partial charge in [-0.3, -0.25) is 4.79 Å². The Morgan fingerprint density at radius 2 is 2.07 bits per heavy atom. The van der Waals surface area contributed by atoms with E-state index >= 15 is 0 Å². The number of methoxy groups -OCH3 is 1. The first-order valence-corrected chi connectivity index (χ1v) is 5.29. The largest absolute Gasteiger partial charge is 0.469 e. The van der Waals surface area contributed by atoms with Crippen LogP contribution < -0.4 is 0 Å². The summed E-state index contributed by atoms with van der Waals surface area (Å²) in [4.78, 5) is 11.5. The van der Waals surface area contributed by atoms with Crippen molar-refractivity contribution in [1.29, 1.82) is 0 Å². The molecule has 80 valence electrons. The summed E-state index contributed by atoms with van der Waals surface area (Å²) in [6, 6.07) is 4.27. The molecule has 0 bridgehead atoms. The molecule has 2 rings (SSSR count).